The lowest BCUT2D eigenvalue weighted by Gasteiger charge is -2.18. The van der Waals surface area contributed by atoms with Gasteiger partial charge >= 0.3 is 0 Å². The molecule has 1 aliphatic rings. The first-order valence-electron chi connectivity index (χ1n) is 6.91. The van der Waals surface area contributed by atoms with Gasteiger partial charge in [-0.15, -0.1) is 0 Å². The van der Waals surface area contributed by atoms with E-state index in [4.69, 9.17) is 4.74 Å². The summed E-state index contributed by atoms with van der Waals surface area (Å²) in [6, 6.07) is 2.27. The zero-order chi connectivity index (χ0) is 13.5. The first kappa shape index (κ1) is 14.5. The minimum atomic E-state index is -0.0472. The van der Waals surface area contributed by atoms with Crippen LogP contribution >= 0.6 is 11.3 Å². The van der Waals surface area contributed by atoms with Gasteiger partial charge in [0.1, 0.15) is 0 Å². The van der Waals surface area contributed by atoms with Gasteiger partial charge in [-0.2, -0.15) is 11.3 Å². The second-order valence-corrected chi connectivity index (χ2v) is 5.66. The Morgan fingerprint density at radius 3 is 3.11 bits per heavy atom. The van der Waals surface area contributed by atoms with E-state index in [9.17, 15) is 4.79 Å². The third-order valence-corrected chi connectivity index (χ3v) is 4.10. The molecule has 1 aliphatic heterocycles. The quantitative estimate of drug-likeness (QED) is 0.795. The first-order valence-corrected chi connectivity index (χ1v) is 7.85. The second kappa shape index (κ2) is 7.62. The summed E-state index contributed by atoms with van der Waals surface area (Å²) in [6.45, 7) is 4.94. The normalized spacial score (nSPS) is 22.6. The lowest BCUT2D eigenvalue weighted by atomic mass is 10.0. The van der Waals surface area contributed by atoms with E-state index in [1.54, 1.807) is 11.3 Å². The maximum absolute atomic E-state index is 12.1. The Kier molecular flexibility index (Phi) is 5.82. The molecule has 0 saturated carbocycles. The number of nitrogens with one attached hydrogen (secondary N) is 2. The van der Waals surface area contributed by atoms with Crippen LogP contribution in [0.15, 0.2) is 16.8 Å². The maximum Gasteiger partial charge on any atom is 0.227 e. The molecule has 0 aliphatic carbocycles. The predicted octanol–water partition coefficient (Wildman–Crippen LogP) is 1.42. The first-order chi connectivity index (χ1) is 9.31. The molecule has 2 unspecified atom stereocenters. The summed E-state index contributed by atoms with van der Waals surface area (Å²) in [4.78, 5) is 12.1. The molecule has 4 nitrogen and oxygen atoms in total. The fourth-order valence-corrected chi connectivity index (χ4v) is 2.94. The van der Waals surface area contributed by atoms with Crippen molar-refractivity contribution in [3.8, 4) is 0 Å². The van der Waals surface area contributed by atoms with E-state index < -0.39 is 0 Å². The SMILES string of the molecule is CCCNC1COCC1C(=O)NCCc1ccsc1. The Morgan fingerprint density at radius 1 is 1.47 bits per heavy atom. The van der Waals surface area contributed by atoms with E-state index in [1.807, 2.05) is 0 Å². The number of hydrogen-bond donors (Lipinski definition) is 2. The fourth-order valence-electron chi connectivity index (χ4n) is 2.24. The van der Waals surface area contributed by atoms with Gasteiger partial charge in [-0.1, -0.05) is 6.92 Å². The molecule has 1 aromatic rings. The van der Waals surface area contributed by atoms with E-state index in [0.717, 1.165) is 19.4 Å². The van der Waals surface area contributed by atoms with Gasteiger partial charge in [0.05, 0.1) is 19.1 Å². The van der Waals surface area contributed by atoms with Crippen molar-refractivity contribution < 1.29 is 9.53 Å². The van der Waals surface area contributed by atoms with Gasteiger partial charge in [0.15, 0.2) is 0 Å². The topological polar surface area (TPSA) is 50.4 Å². The van der Waals surface area contributed by atoms with Crippen molar-refractivity contribution in [3.05, 3.63) is 22.4 Å². The average Bonchev–Trinajstić information content (AvgIpc) is 3.07. The van der Waals surface area contributed by atoms with Gasteiger partial charge in [-0.25, -0.2) is 0 Å². The van der Waals surface area contributed by atoms with Crippen LogP contribution in [0.4, 0.5) is 0 Å². The smallest absolute Gasteiger partial charge is 0.227 e. The molecule has 2 rings (SSSR count). The van der Waals surface area contributed by atoms with Crippen LogP contribution in [0.25, 0.3) is 0 Å². The molecule has 2 atom stereocenters. The molecule has 1 saturated heterocycles. The van der Waals surface area contributed by atoms with Crippen LogP contribution in [-0.2, 0) is 16.0 Å². The highest BCUT2D eigenvalue weighted by Crippen LogP contribution is 2.14. The highest BCUT2D eigenvalue weighted by atomic mass is 32.1. The molecule has 0 bridgehead atoms. The van der Waals surface area contributed by atoms with Gasteiger partial charge in [-0.3, -0.25) is 4.79 Å². The number of rotatable bonds is 7. The van der Waals surface area contributed by atoms with Crippen molar-refractivity contribution in [1.82, 2.24) is 10.6 Å². The van der Waals surface area contributed by atoms with Crippen LogP contribution < -0.4 is 10.6 Å². The summed E-state index contributed by atoms with van der Waals surface area (Å²) in [5.41, 5.74) is 1.29. The standard InChI is InChI=1S/C14H22N2O2S/c1-2-5-15-13-9-18-8-12(13)14(17)16-6-3-11-4-7-19-10-11/h4,7,10,12-13,15H,2-3,5-6,8-9H2,1H3,(H,16,17). The molecule has 1 amide bonds. The monoisotopic (exact) mass is 282 g/mol. The van der Waals surface area contributed by atoms with E-state index in [0.29, 0.717) is 19.8 Å². The molecule has 1 fully saturated rings. The minimum absolute atomic E-state index is 0.0472. The van der Waals surface area contributed by atoms with Crippen molar-refractivity contribution in [2.45, 2.75) is 25.8 Å². The number of thiophene rings is 1. The molecule has 0 radical (unpaired) electrons. The molecule has 2 N–H and O–H groups in total. The molecule has 1 aromatic heterocycles. The number of ether oxygens (including phenoxy) is 1. The molecule has 0 spiro atoms. The van der Waals surface area contributed by atoms with E-state index >= 15 is 0 Å². The molecule has 2 heterocycles. The van der Waals surface area contributed by atoms with Crippen LogP contribution in [0.1, 0.15) is 18.9 Å². The van der Waals surface area contributed by atoms with E-state index in [-0.39, 0.29) is 17.9 Å². The maximum atomic E-state index is 12.1. The predicted molar refractivity (Wildman–Crippen MR) is 77.4 cm³/mol. The number of carbonyl (C=O) groups is 1. The molecule has 106 valence electrons. The Hall–Kier alpha value is -0.910. The summed E-state index contributed by atoms with van der Waals surface area (Å²) in [5, 5.41) is 10.6. The van der Waals surface area contributed by atoms with Gasteiger partial charge in [0.25, 0.3) is 0 Å². The lowest BCUT2D eigenvalue weighted by Crippen LogP contribution is -2.44. The van der Waals surface area contributed by atoms with Gasteiger partial charge in [-0.05, 0) is 41.8 Å². The Bertz CT molecular complexity index is 381. The Morgan fingerprint density at radius 2 is 2.37 bits per heavy atom. The minimum Gasteiger partial charge on any atom is -0.379 e. The van der Waals surface area contributed by atoms with Gasteiger partial charge in [0.2, 0.25) is 5.91 Å². The number of hydrogen-bond acceptors (Lipinski definition) is 4. The van der Waals surface area contributed by atoms with Crippen molar-refractivity contribution in [2.24, 2.45) is 5.92 Å². The van der Waals surface area contributed by atoms with Crippen molar-refractivity contribution >= 4 is 17.2 Å². The van der Waals surface area contributed by atoms with Crippen LogP contribution in [0.2, 0.25) is 0 Å². The van der Waals surface area contributed by atoms with Crippen LogP contribution in [0, 0.1) is 5.92 Å². The molecule has 19 heavy (non-hydrogen) atoms. The Balaban J connectivity index is 1.72. The number of carbonyl (C=O) groups excluding carboxylic acids is 1. The molecular weight excluding hydrogens is 260 g/mol. The van der Waals surface area contributed by atoms with Crippen molar-refractivity contribution in [1.29, 1.82) is 0 Å². The third kappa shape index (κ3) is 4.30. The summed E-state index contributed by atoms with van der Waals surface area (Å²) >= 11 is 1.69. The van der Waals surface area contributed by atoms with Crippen LogP contribution in [0.3, 0.4) is 0 Å². The van der Waals surface area contributed by atoms with Crippen molar-refractivity contribution in [2.75, 3.05) is 26.3 Å². The summed E-state index contributed by atoms with van der Waals surface area (Å²) in [6.07, 6.45) is 1.97. The third-order valence-electron chi connectivity index (χ3n) is 3.37. The lowest BCUT2D eigenvalue weighted by molar-refractivity contribution is -0.125. The molecule has 0 aromatic carbocycles. The zero-order valence-corrected chi connectivity index (χ0v) is 12.2. The molecular formula is C14H22N2O2S. The van der Waals surface area contributed by atoms with Gasteiger partial charge < -0.3 is 15.4 Å². The second-order valence-electron chi connectivity index (χ2n) is 4.88. The van der Waals surface area contributed by atoms with Crippen LogP contribution in [0.5, 0.6) is 0 Å². The molecule has 5 heteroatoms. The zero-order valence-electron chi connectivity index (χ0n) is 11.4. The van der Waals surface area contributed by atoms with Gasteiger partial charge in [0, 0.05) is 12.6 Å². The number of amides is 1. The van der Waals surface area contributed by atoms with Crippen LogP contribution in [-0.4, -0.2) is 38.3 Å². The Labute approximate surface area is 118 Å². The summed E-state index contributed by atoms with van der Waals surface area (Å²) in [7, 11) is 0. The fraction of sp³-hybridized carbons (Fsp3) is 0.643. The average molecular weight is 282 g/mol. The van der Waals surface area contributed by atoms with E-state index in [2.05, 4.69) is 34.4 Å². The summed E-state index contributed by atoms with van der Waals surface area (Å²) < 4.78 is 5.42. The highest BCUT2D eigenvalue weighted by Gasteiger charge is 2.33. The largest absolute Gasteiger partial charge is 0.379 e. The van der Waals surface area contributed by atoms with E-state index in [1.165, 1.54) is 5.56 Å². The highest BCUT2D eigenvalue weighted by molar-refractivity contribution is 7.07. The van der Waals surface area contributed by atoms with Crippen molar-refractivity contribution in [3.63, 3.8) is 0 Å². The summed E-state index contributed by atoms with van der Waals surface area (Å²) in [5.74, 6) is 0.0651.